The Morgan fingerprint density at radius 1 is 1.00 bits per heavy atom. The van der Waals surface area contributed by atoms with Crippen molar-refractivity contribution in [3.8, 4) is 17.2 Å². The molecule has 180 valence electrons. The van der Waals surface area contributed by atoms with Crippen molar-refractivity contribution in [2.75, 3.05) is 18.5 Å². The van der Waals surface area contributed by atoms with Crippen LogP contribution in [0.3, 0.4) is 0 Å². The number of hydrogen-bond acceptors (Lipinski definition) is 6. The maximum absolute atomic E-state index is 12.2. The number of ether oxygens (including phenoxy) is 2. The molecule has 0 fully saturated rings. The van der Waals surface area contributed by atoms with Gasteiger partial charge in [-0.15, -0.1) is 0 Å². The van der Waals surface area contributed by atoms with Gasteiger partial charge in [-0.1, -0.05) is 36.4 Å². The van der Waals surface area contributed by atoms with E-state index >= 15 is 0 Å². The van der Waals surface area contributed by atoms with Gasteiger partial charge in [-0.2, -0.15) is 5.10 Å². The first-order chi connectivity index (χ1) is 17.1. The largest absolute Gasteiger partial charge is 0.490 e. The second-order valence-electron chi connectivity index (χ2n) is 7.95. The summed E-state index contributed by atoms with van der Waals surface area (Å²) >= 11 is 0. The molecule has 1 heterocycles. The molecule has 0 aliphatic carbocycles. The lowest BCUT2D eigenvalue weighted by atomic mass is 10.1. The molecule has 0 spiro atoms. The summed E-state index contributed by atoms with van der Waals surface area (Å²) in [7, 11) is 0. The molecule has 1 unspecified atom stereocenters. The Balaban J connectivity index is 1.33. The first-order valence-electron chi connectivity index (χ1n) is 11.5. The Hall–Kier alpha value is -4.17. The summed E-state index contributed by atoms with van der Waals surface area (Å²) in [5.41, 5.74) is 3.92. The zero-order valence-electron chi connectivity index (χ0n) is 19.8. The van der Waals surface area contributed by atoms with Crippen LogP contribution >= 0.6 is 0 Å². The number of hydrogen-bond donors (Lipinski definition) is 2. The lowest BCUT2D eigenvalue weighted by Gasteiger charge is -2.17. The predicted octanol–water partition coefficient (Wildman–Crippen LogP) is 4.53. The molecule has 8 heteroatoms. The second-order valence-corrected chi connectivity index (χ2v) is 7.95. The molecule has 0 aliphatic heterocycles. The van der Waals surface area contributed by atoms with Crippen molar-refractivity contribution in [1.29, 1.82) is 0 Å². The maximum Gasteiger partial charge on any atom is 0.262 e. The molecule has 8 nitrogen and oxygen atoms in total. The van der Waals surface area contributed by atoms with Gasteiger partial charge < -0.3 is 20.1 Å². The summed E-state index contributed by atoms with van der Waals surface area (Å²) in [5.74, 6) is 0.924. The third kappa shape index (κ3) is 6.68. The van der Waals surface area contributed by atoms with Gasteiger partial charge in [0.2, 0.25) is 0 Å². The van der Waals surface area contributed by atoms with Crippen molar-refractivity contribution in [2.24, 2.45) is 0 Å². The van der Waals surface area contributed by atoms with Crippen LogP contribution in [0.25, 0.3) is 5.69 Å². The van der Waals surface area contributed by atoms with Crippen molar-refractivity contribution in [3.63, 3.8) is 0 Å². The van der Waals surface area contributed by atoms with E-state index in [0.29, 0.717) is 24.7 Å². The van der Waals surface area contributed by atoms with E-state index in [4.69, 9.17) is 9.47 Å². The Morgan fingerprint density at radius 3 is 2.51 bits per heavy atom. The van der Waals surface area contributed by atoms with Gasteiger partial charge in [-0.05, 0) is 61.4 Å². The summed E-state index contributed by atoms with van der Waals surface area (Å²) in [6.07, 6.45) is 3.19. The molecule has 3 aromatic carbocycles. The first kappa shape index (κ1) is 24.0. The number of rotatable bonds is 11. The monoisotopic (exact) mass is 471 g/mol. The first-order valence-corrected chi connectivity index (χ1v) is 11.5. The van der Waals surface area contributed by atoms with E-state index in [1.165, 1.54) is 11.9 Å². The van der Waals surface area contributed by atoms with Gasteiger partial charge in [0.25, 0.3) is 5.91 Å². The van der Waals surface area contributed by atoms with E-state index in [1.807, 2.05) is 67.6 Å². The highest BCUT2D eigenvalue weighted by molar-refractivity contribution is 5.91. The van der Waals surface area contributed by atoms with Crippen LogP contribution < -0.4 is 20.1 Å². The number of para-hydroxylation sites is 1. The van der Waals surface area contributed by atoms with E-state index in [1.54, 1.807) is 11.0 Å². The molecule has 0 aliphatic rings. The molecular formula is C27H29N5O3. The minimum atomic E-state index is -0.229. The fraction of sp³-hybridized carbons (Fsp3) is 0.222. The zero-order valence-corrected chi connectivity index (χ0v) is 19.8. The summed E-state index contributed by atoms with van der Waals surface area (Å²) in [6, 6.07) is 23.4. The normalized spacial score (nSPS) is 11.6. The zero-order chi connectivity index (χ0) is 24.5. The fourth-order valence-electron chi connectivity index (χ4n) is 3.56. The van der Waals surface area contributed by atoms with Crippen LogP contribution in [0.2, 0.25) is 0 Å². The number of carbonyl (C=O) groups is 1. The van der Waals surface area contributed by atoms with E-state index in [0.717, 1.165) is 16.9 Å². The number of aromatic nitrogens is 3. The minimum absolute atomic E-state index is 0.103. The lowest BCUT2D eigenvalue weighted by molar-refractivity contribution is -0.118. The van der Waals surface area contributed by atoms with E-state index in [-0.39, 0.29) is 18.6 Å². The number of carbonyl (C=O) groups excluding carboxylic acids is 1. The number of anilines is 1. The molecule has 0 saturated carbocycles. The second kappa shape index (κ2) is 11.8. The Bertz CT molecular complexity index is 1210. The third-order valence-corrected chi connectivity index (χ3v) is 5.41. The van der Waals surface area contributed by atoms with Gasteiger partial charge in [0, 0.05) is 18.3 Å². The quantitative estimate of drug-likeness (QED) is 0.334. The van der Waals surface area contributed by atoms with Crippen LogP contribution in [-0.4, -0.2) is 33.9 Å². The van der Waals surface area contributed by atoms with Crippen LogP contribution in [-0.2, 0) is 11.3 Å². The topological polar surface area (TPSA) is 90.3 Å². The smallest absolute Gasteiger partial charge is 0.262 e. The molecule has 0 radical (unpaired) electrons. The number of nitrogens with one attached hydrogen (secondary N) is 2. The van der Waals surface area contributed by atoms with Gasteiger partial charge in [0.1, 0.15) is 12.7 Å². The summed E-state index contributed by atoms with van der Waals surface area (Å²) in [4.78, 5) is 16.2. The van der Waals surface area contributed by atoms with E-state index < -0.39 is 0 Å². The van der Waals surface area contributed by atoms with Crippen molar-refractivity contribution >= 4 is 11.6 Å². The Labute approximate surface area is 204 Å². The molecule has 1 aromatic heterocycles. The van der Waals surface area contributed by atoms with Gasteiger partial charge in [-0.25, -0.2) is 9.67 Å². The fourth-order valence-corrected chi connectivity index (χ4v) is 3.56. The maximum atomic E-state index is 12.2. The van der Waals surface area contributed by atoms with E-state index in [9.17, 15) is 4.79 Å². The molecular weight excluding hydrogens is 442 g/mol. The van der Waals surface area contributed by atoms with Gasteiger partial charge in [0.15, 0.2) is 18.1 Å². The molecule has 0 saturated heterocycles. The average molecular weight is 472 g/mol. The van der Waals surface area contributed by atoms with Crippen molar-refractivity contribution in [2.45, 2.75) is 26.4 Å². The Morgan fingerprint density at radius 2 is 1.80 bits per heavy atom. The standard InChI is InChI=1S/C27H29N5O3/c1-3-34-26-15-21(9-14-25(26)35-17-27(33)31-23-7-5-4-6-8-23)16-29-20(2)22-10-12-24(13-11-22)32-19-28-18-30-32/h4-15,18-20,29H,3,16-17H2,1-2H3,(H,31,33). The van der Waals surface area contributed by atoms with Gasteiger partial charge in [0.05, 0.1) is 12.3 Å². The van der Waals surface area contributed by atoms with Crippen LogP contribution in [0.4, 0.5) is 5.69 Å². The summed E-state index contributed by atoms with van der Waals surface area (Å²) in [6.45, 7) is 5.09. The van der Waals surface area contributed by atoms with Crippen molar-refractivity contribution in [3.05, 3.63) is 96.6 Å². The van der Waals surface area contributed by atoms with Crippen LogP contribution in [0.5, 0.6) is 11.5 Å². The molecule has 0 bridgehead atoms. The number of amides is 1. The van der Waals surface area contributed by atoms with Crippen LogP contribution in [0.1, 0.15) is 31.0 Å². The molecule has 4 aromatic rings. The predicted molar refractivity (Wildman–Crippen MR) is 135 cm³/mol. The van der Waals surface area contributed by atoms with Crippen molar-refractivity contribution < 1.29 is 14.3 Å². The minimum Gasteiger partial charge on any atom is -0.490 e. The summed E-state index contributed by atoms with van der Waals surface area (Å²) < 4.78 is 13.2. The van der Waals surface area contributed by atoms with Gasteiger partial charge in [-0.3, -0.25) is 4.79 Å². The van der Waals surface area contributed by atoms with Crippen molar-refractivity contribution in [1.82, 2.24) is 20.1 Å². The highest BCUT2D eigenvalue weighted by atomic mass is 16.5. The SMILES string of the molecule is CCOc1cc(CNC(C)c2ccc(-n3cncn3)cc2)ccc1OCC(=O)Nc1ccccc1. The average Bonchev–Trinajstić information content (AvgIpc) is 3.43. The van der Waals surface area contributed by atoms with Crippen LogP contribution in [0.15, 0.2) is 85.5 Å². The lowest BCUT2D eigenvalue weighted by Crippen LogP contribution is -2.20. The molecule has 1 amide bonds. The molecule has 35 heavy (non-hydrogen) atoms. The van der Waals surface area contributed by atoms with Crippen LogP contribution in [0, 0.1) is 0 Å². The molecule has 4 rings (SSSR count). The Kier molecular flexibility index (Phi) is 8.08. The number of benzene rings is 3. The highest BCUT2D eigenvalue weighted by Gasteiger charge is 2.11. The molecule has 1 atom stereocenters. The summed E-state index contributed by atoms with van der Waals surface area (Å²) in [5, 5.41) is 10.5. The highest BCUT2D eigenvalue weighted by Crippen LogP contribution is 2.29. The van der Waals surface area contributed by atoms with Gasteiger partial charge >= 0.3 is 0 Å². The molecule has 2 N–H and O–H groups in total. The number of nitrogens with zero attached hydrogens (tertiary/aromatic N) is 3. The third-order valence-electron chi connectivity index (χ3n) is 5.41. The van der Waals surface area contributed by atoms with E-state index in [2.05, 4.69) is 39.8 Å².